The highest BCUT2D eigenvalue weighted by Gasteiger charge is 2.12. The van der Waals surface area contributed by atoms with Crippen molar-refractivity contribution < 1.29 is 4.79 Å². The molecule has 20 heavy (non-hydrogen) atoms. The van der Waals surface area contributed by atoms with Crippen LogP contribution in [0.2, 0.25) is 5.02 Å². The summed E-state index contributed by atoms with van der Waals surface area (Å²) in [6, 6.07) is 17.3. The Kier molecular flexibility index (Phi) is 5.19. The van der Waals surface area contributed by atoms with Crippen LogP contribution in [0.3, 0.4) is 0 Å². The Morgan fingerprint density at radius 2 is 1.75 bits per heavy atom. The molecule has 2 aromatic carbocycles. The molecule has 0 radical (unpaired) electrons. The molecule has 0 aliphatic carbocycles. The molecular formula is C17H18ClNO. The number of carbonyl (C=O) groups excluding carboxylic acids is 1. The Hall–Kier alpha value is -1.80. The third-order valence-electron chi connectivity index (χ3n) is 3.26. The van der Waals surface area contributed by atoms with Crippen LogP contribution in [0.15, 0.2) is 54.6 Å². The van der Waals surface area contributed by atoms with E-state index in [1.54, 1.807) is 24.3 Å². The van der Waals surface area contributed by atoms with Crippen LogP contribution >= 0.6 is 11.6 Å². The summed E-state index contributed by atoms with van der Waals surface area (Å²) in [7, 11) is 0. The maximum atomic E-state index is 12.2. The minimum atomic E-state index is -0.0514. The van der Waals surface area contributed by atoms with Crippen LogP contribution < -0.4 is 5.32 Å². The first-order chi connectivity index (χ1) is 9.69. The monoisotopic (exact) mass is 287 g/mol. The van der Waals surface area contributed by atoms with Crippen molar-refractivity contribution in [2.45, 2.75) is 25.8 Å². The van der Waals surface area contributed by atoms with E-state index < -0.39 is 0 Å². The zero-order chi connectivity index (χ0) is 14.4. The molecule has 2 rings (SSSR count). The lowest BCUT2D eigenvalue weighted by molar-refractivity contribution is 0.0936. The van der Waals surface area contributed by atoms with Crippen LogP contribution in [0.25, 0.3) is 0 Å². The molecule has 0 aromatic heterocycles. The Bertz CT molecular complexity index is 551. The topological polar surface area (TPSA) is 29.1 Å². The van der Waals surface area contributed by atoms with Gasteiger partial charge in [-0.15, -0.1) is 0 Å². The summed E-state index contributed by atoms with van der Waals surface area (Å²) in [4.78, 5) is 12.2. The molecular weight excluding hydrogens is 270 g/mol. The first kappa shape index (κ1) is 14.6. The fourth-order valence-corrected chi connectivity index (χ4v) is 2.19. The predicted octanol–water partition coefficient (Wildman–Crippen LogP) is 4.09. The fraction of sp³-hybridized carbons (Fsp3) is 0.235. The molecule has 0 bridgehead atoms. The van der Waals surface area contributed by atoms with Gasteiger partial charge in [0.25, 0.3) is 5.91 Å². The molecule has 2 aromatic rings. The molecule has 0 aliphatic rings. The normalized spacial score (nSPS) is 11.9. The van der Waals surface area contributed by atoms with Crippen LogP contribution in [-0.4, -0.2) is 11.9 Å². The third-order valence-corrected chi connectivity index (χ3v) is 3.51. The number of hydrogen-bond acceptors (Lipinski definition) is 1. The van der Waals surface area contributed by atoms with Crippen molar-refractivity contribution >= 4 is 17.5 Å². The number of hydrogen-bond donors (Lipinski definition) is 1. The summed E-state index contributed by atoms with van der Waals surface area (Å²) in [6.45, 7) is 2.08. The van der Waals surface area contributed by atoms with Crippen molar-refractivity contribution in [1.29, 1.82) is 0 Å². The zero-order valence-corrected chi connectivity index (χ0v) is 12.2. The SMILES string of the molecule is CCC(Cc1ccccc1)NC(=O)c1ccc(Cl)cc1. The smallest absolute Gasteiger partial charge is 0.251 e. The average Bonchev–Trinajstić information content (AvgIpc) is 2.48. The first-order valence-corrected chi connectivity index (χ1v) is 7.17. The van der Waals surface area contributed by atoms with E-state index in [9.17, 15) is 4.79 Å². The van der Waals surface area contributed by atoms with E-state index in [-0.39, 0.29) is 11.9 Å². The molecule has 0 aliphatic heterocycles. The molecule has 0 fully saturated rings. The Labute approximate surface area is 124 Å². The molecule has 104 valence electrons. The standard InChI is InChI=1S/C17H18ClNO/c1-2-16(12-13-6-4-3-5-7-13)19-17(20)14-8-10-15(18)11-9-14/h3-11,16H,2,12H2,1H3,(H,19,20). The lowest BCUT2D eigenvalue weighted by Crippen LogP contribution is -2.35. The number of rotatable bonds is 5. The summed E-state index contributed by atoms with van der Waals surface area (Å²) in [5.74, 6) is -0.0514. The largest absolute Gasteiger partial charge is 0.349 e. The van der Waals surface area contributed by atoms with Crippen LogP contribution in [0.5, 0.6) is 0 Å². The van der Waals surface area contributed by atoms with Crippen molar-refractivity contribution in [2.75, 3.05) is 0 Å². The molecule has 3 heteroatoms. The van der Waals surface area contributed by atoms with Crippen molar-refractivity contribution in [2.24, 2.45) is 0 Å². The van der Waals surface area contributed by atoms with E-state index in [1.807, 2.05) is 18.2 Å². The Morgan fingerprint density at radius 3 is 2.35 bits per heavy atom. The minimum Gasteiger partial charge on any atom is -0.349 e. The molecule has 1 unspecified atom stereocenters. The third kappa shape index (κ3) is 4.10. The number of carbonyl (C=O) groups is 1. The molecule has 0 heterocycles. The van der Waals surface area contributed by atoms with E-state index in [0.717, 1.165) is 12.8 Å². The van der Waals surface area contributed by atoms with E-state index in [4.69, 9.17) is 11.6 Å². The molecule has 0 saturated carbocycles. The van der Waals surface area contributed by atoms with Crippen molar-refractivity contribution in [1.82, 2.24) is 5.32 Å². The van der Waals surface area contributed by atoms with Gasteiger partial charge in [0.2, 0.25) is 0 Å². The fourth-order valence-electron chi connectivity index (χ4n) is 2.07. The second kappa shape index (κ2) is 7.11. The van der Waals surface area contributed by atoms with Crippen LogP contribution in [0.1, 0.15) is 29.3 Å². The Morgan fingerprint density at radius 1 is 1.10 bits per heavy atom. The number of amides is 1. The molecule has 2 nitrogen and oxygen atoms in total. The summed E-state index contributed by atoms with van der Waals surface area (Å²) in [6.07, 6.45) is 1.74. The quantitative estimate of drug-likeness (QED) is 0.882. The van der Waals surface area contributed by atoms with E-state index in [0.29, 0.717) is 10.6 Å². The lowest BCUT2D eigenvalue weighted by atomic mass is 10.0. The van der Waals surface area contributed by atoms with E-state index in [1.165, 1.54) is 5.56 Å². The van der Waals surface area contributed by atoms with E-state index >= 15 is 0 Å². The minimum absolute atomic E-state index is 0.0514. The zero-order valence-electron chi connectivity index (χ0n) is 11.5. The van der Waals surface area contributed by atoms with Gasteiger partial charge in [-0.25, -0.2) is 0 Å². The van der Waals surface area contributed by atoms with Gasteiger partial charge >= 0.3 is 0 Å². The maximum Gasteiger partial charge on any atom is 0.251 e. The van der Waals surface area contributed by atoms with E-state index in [2.05, 4.69) is 24.4 Å². The number of benzene rings is 2. The second-order valence-corrected chi connectivity index (χ2v) is 5.21. The summed E-state index contributed by atoms with van der Waals surface area (Å²) >= 11 is 5.82. The molecule has 0 spiro atoms. The summed E-state index contributed by atoms with van der Waals surface area (Å²) in [5, 5.41) is 3.71. The van der Waals surface area contributed by atoms with Gasteiger partial charge in [-0.2, -0.15) is 0 Å². The molecule has 0 saturated heterocycles. The van der Waals surface area contributed by atoms with Crippen LogP contribution in [0.4, 0.5) is 0 Å². The van der Waals surface area contributed by atoms with Crippen LogP contribution in [-0.2, 0) is 6.42 Å². The number of nitrogens with one attached hydrogen (secondary N) is 1. The first-order valence-electron chi connectivity index (χ1n) is 6.79. The second-order valence-electron chi connectivity index (χ2n) is 4.78. The predicted molar refractivity (Wildman–Crippen MR) is 83.1 cm³/mol. The highest BCUT2D eigenvalue weighted by molar-refractivity contribution is 6.30. The summed E-state index contributed by atoms with van der Waals surface area (Å²) in [5.41, 5.74) is 1.87. The van der Waals surface area contributed by atoms with Gasteiger partial charge in [-0.1, -0.05) is 48.9 Å². The van der Waals surface area contributed by atoms with Gasteiger partial charge in [0, 0.05) is 16.6 Å². The Balaban J connectivity index is 1.99. The van der Waals surface area contributed by atoms with Gasteiger partial charge in [0.15, 0.2) is 0 Å². The molecule has 1 N–H and O–H groups in total. The highest BCUT2D eigenvalue weighted by atomic mass is 35.5. The molecule has 1 atom stereocenters. The highest BCUT2D eigenvalue weighted by Crippen LogP contribution is 2.11. The van der Waals surface area contributed by atoms with Gasteiger partial charge in [0.05, 0.1) is 0 Å². The van der Waals surface area contributed by atoms with Gasteiger partial charge in [-0.05, 0) is 42.7 Å². The van der Waals surface area contributed by atoms with Gasteiger partial charge in [-0.3, -0.25) is 4.79 Å². The molecule has 1 amide bonds. The average molecular weight is 288 g/mol. The summed E-state index contributed by atoms with van der Waals surface area (Å²) < 4.78 is 0. The number of halogens is 1. The van der Waals surface area contributed by atoms with Gasteiger partial charge < -0.3 is 5.32 Å². The van der Waals surface area contributed by atoms with Gasteiger partial charge in [0.1, 0.15) is 0 Å². The van der Waals surface area contributed by atoms with Crippen molar-refractivity contribution in [3.8, 4) is 0 Å². The van der Waals surface area contributed by atoms with Crippen molar-refractivity contribution in [3.05, 3.63) is 70.7 Å². The van der Waals surface area contributed by atoms with Crippen LogP contribution in [0, 0.1) is 0 Å². The maximum absolute atomic E-state index is 12.2. The van der Waals surface area contributed by atoms with Crippen molar-refractivity contribution in [3.63, 3.8) is 0 Å². The lowest BCUT2D eigenvalue weighted by Gasteiger charge is -2.17.